The lowest BCUT2D eigenvalue weighted by atomic mass is 10.0. The molecule has 0 aliphatic carbocycles. The maximum Gasteiger partial charge on any atom is 0.306 e. The Balaban J connectivity index is 4.16. The van der Waals surface area contributed by atoms with E-state index in [-0.39, 0.29) is 31.1 Å². The highest BCUT2D eigenvalue weighted by atomic mass is 16.6. The summed E-state index contributed by atoms with van der Waals surface area (Å²) < 4.78 is 16.8. The average molecular weight is 877 g/mol. The molecular weight excluding hydrogens is 769 g/mol. The van der Waals surface area contributed by atoms with Crippen LogP contribution >= 0.6 is 0 Å². The molecule has 0 aliphatic rings. The first kappa shape index (κ1) is 60.4. The second kappa shape index (κ2) is 48.9. The molecule has 368 valence electrons. The van der Waals surface area contributed by atoms with Crippen molar-refractivity contribution in [1.29, 1.82) is 0 Å². The van der Waals surface area contributed by atoms with Crippen LogP contribution in [0, 0.1) is 11.8 Å². The number of carbonyl (C=O) groups is 3. The SMILES string of the molecule is CCCCCCCCCCCCCCCCC(=O)OC[C@@H](COC(=O)CCCCCCCCCCCCCCCCCCCCC(C)C)OC(=O)CCCCCCCCC(C)C. The van der Waals surface area contributed by atoms with E-state index in [1.165, 1.54) is 199 Å². The van der Waals surface area contributed by atoms with Gasteiger partial charge in [-0.25, -0.2) is 0 Å². The fourth-order valence-electron chi connectivity index (χ4n) is 8.52. The topological polar surface area (TPSA) is 78.9 Å². The molecule has 6 nitrogen and oxygen atoms in total. The first-order chi connectivity index (χ1) is 30.2. The highest BCUT2D eigenvalue weighted by Gasteiger charge is 2.19. The lowest BCUT2D eigenvalue weighted by molar-refractivity contribution is -0.167. The van der Waals surface area contributed by atoms with Crippen LogP contribution in [0.5, 0.6) is 0 Å². The summed E-state index contributed by atoms with van der Waals surface area (Å²) in [6.45, 7) is 11.3. The zero-order valence-electron chi connectivity index (χ0n) is 42.5. The first-order valence-electron chi connectivity index (χ1n) is 27.7. The van der Waals surface area contributed by atoms with Crippen molar-refractivity contribution in [2.24, 2.45) is 11.8 Å². The number of unbranched alkanes of at least 4 members (excludes halogenated alkanes) is 35. The molecule has 0 rings (SSSR count). The van der Waals surface area contributed by atoms with Gasteiger partial charge in [0.25, 0.3) is 0 Å². The lowest BCUT2D eigenvalue weighted by Crippen LogP contribution is -2.30. The third-order valence-corrected chi connectivity index (χ3v) is 12.7. The zero-order valence-corrected chi connectivity index (χ0v) is 42.5. The molecule has 0 fully saturated rings. The molecule has 0 radical (unpaired) electrons. The van der Waals surface area contributed by atoms with E-state index in [2.05, 4.69) is 34.6 Å². The molecule has 0 amide bonds. The van der Waals surface area contributed by atoms with Crippen molar-refractivity contribution in [2.75, 3.05) is 13.2 Å². The van der Waals surface area contributed by atoms with Gasteiger partial charge < -0.3 is 14.2 Å². The van der Waals surface area contributed by atoms with Crippen LogP contribution in [0.15, 0.2) is 0 Å². The van der Waals surface area contributed by atoms with Crippen molar-refractivity contribution in [3.8, 4) is 0 Å². The molecule has 6 heteroatoms. The summed E-state index contributed by atoms with van der Waals surface area (Å²) in [5.74, 6) is 0.769. The van der Waals surface area contributed by atoms with E-state index in [1.54, 1.807) is 0 Å². The van der Waals surface area contributed by atoms with Gasteiger partial charge in [-0.15, -0.1) is 0 Å². The Hall–Kier alpha value is -1.59. The van der Waals surface area contributed by atoms with Gasteiger partial charge >= 0.3 is 17.9 Å². The molecule has 0 bridgehead atoms. The summed E-state index contributed by atoms with van der Waals surface area (Å²) in [4.78, 5) is 37.9. The van der Waals surface area contributed by atoms with E-state index in [1.807, 2.05) is 0 Å². The van der Waals surface area contributed by atoms with E-state index >= 15 is 0 Å². The fourth-order valence-corrected chi connectivity index (χ4v) is 8.52. The summed E-state index contributed by atoms with van der Waals surface area (Å²) in [6.07, 6.45) is 51.1. The normalized spacial score (nSPS) is 12.0. The van der Waals surface area contributed by atoms with Gasteiger partial charge in [-0.3, -0.25) is 14.4 Å². The Morgan fingerprint density at radius 1 is 0.306 bits per heavy atom. The molecule has 0 heterocycles. The van der Waals surface area contributed by atoms with E-state index in [0.717, 1.165) is 69.6 Å². The van der Waals surface area contributed by atoms with Gasteiger partial charge in [-0.1, -0.05) is 272 Å². The molecule has 0 spiro atoms. The Labute approximate surface area is 387 Å². The molecule has 0 aromatic rings. The number of hydrogen-bond acceptors (Lipinski definition) is 6. The molecule has 0 aromatic heterocycles. The summed E-state index contributed by atoms with van der Waals surface area (Å²) in [5.41, 5.74) is 0. The van der Waals surface area contributed by atoms with Crippen molar-refractivity contribution in [1.82, 2.24) is 0 Å². The van der Waals surface area contributed by atoms with Gasteiger partial charge in [0.1, 0.15) is 13.2 Å². The molecule has 0 aromatic carbocycles. The molecule has 0 saturated carbocycles. The highest BCUT2D eigenvalue weighted by Crippen LogP contribution is 2.18. The second-order valence-electron chi connectivity index (χ2n) is 20.2. The van der Waals surface area contributed by atoms with Crippen molar-refractivity contribution >= 4 is 17.9 Å². The molecule has 1 atom stereocenters. The van der Waals surface area contributed by atoms with E-state index in [9.17, 15) is 14.4 Å². The number of rotatable bonds is 50. The van der Waals surface area contributed by atoms with Gasteiger partial charge in [-0.2, -0.15) is 0 Å². The van der Waals surface area contributed by atoms with E-state index < -0.39 is 6.10 Å². The Morgan fingerprint density at radius 2 is 0.532 bits per heavy atom. The predicted octanol–water partition coefficient (Wildman–Crippen LogP) is 18.1. The summed E-state index contributed by atoms with van der Waals surface area (Å²) >= 11 is 0. The smallest absolute Gasteiger partial charge is 0.306 e. The Morgan fingerprint density at radius 3 is 0.790 bits per heavy atom. The quantitative estimate of drug-likeness (QED) is 0.0344. The monoisotopic (exact) mass is 877 g/mol. The molecule has 0 N–H and O–H groups in total. The largest absolute Gasteiger partial charge is 0.462 e. The van der Waals surface area contributed by atoms with Crippen molar-refractivity contribution in [3.05, 3.63) is 0 Å². The van der Waals surface area contributed by atoms with Crippen LogP contribution in [-0.4, -0.2) is 37.2 Å². The molecule has 0 saturated heterocycles. The van der Waals surface area contributed by atoms with Crippen LogP contribution in [0.1, 0.15) is 311 Å². The Bertz CT molecular complexity index is 947. The number of ether oxygens (including phenoxy) is 3. The van der Waals surface area contributed by atoms with Crippen LogP contribution in [0.4, 0.5) is 0 Å². The summed E-state index contributed by atoms with van der Waals surface area (Å²) in [6, 6.07) is 0. The van der Waals surface area contributed by atoms with Crippen LogP contribution in [0.2, 0.25) is 0 Å². The summed E-state index contributed by atoms with van der Waals surface area (Å²) in [5, 5.41) is 0. The lowest BCUT2D eigenvalue weighted by Gasteiger charge is -2.18. The molecule has 0 unspecified atom stereocenters. The zero-order chi connectivity index (χ0) is 45.4. The van der Waals surface area contributed by atoms with Gasteiger partial charge in [0.05, 0.1) is 0 Å². The van der Waals surface area contributed by atoms with Crippen LogP contribution in [0.3, 0.4) is 0 Å². The number of hydrogen-bond donors (Lipinski definition) is 0. The Kier molecular flexibility index (Phi) is 47.6. The van der Waals surface area contributed by atoms with Gasteiger partial charge in [0, 0.05) is 19.3 Å². The van der Waals surface area contributed by atoms with Crippen molar-refractivity contribution in [2.45, 2.75) is 317 Å². The molecule has 62 heavy (non-hydrogen) atoms. The standard InChI is InChI=1S/C56H108O6/c1-6-7-8-9-10-11-12-13-21-24-27-30-36-41-46-54(57)60-49-53(62-56(59)48-43-38-33-32-35-40-45-52(4)5)50-61-55(58)47-42-37-31-28-25-22-19-17-15-14-16-18-20-23-26-29-34-39-44-51(2)3/h51-53H,6-50H2,1-5H3/t53-/m0/s1. The minimum Gasteiger partial charge on any atom is -0.462 e. The number of esters is 3. The molecule has 0 aliphatic heterocycles. The first-order valence-corrected chi connectivity index (χ1v) is 27.7. The minimum atomic E-state index is -0.762. The van der Waals surface area contributed by atoms with E-state index in [4.69, 9.17) is 14.2 Å². The summed E-state index contributed by atoms with van der Waals surface area (Å²) in [7, 11) is 0. The van der Waals surface area contributed by atoms with E-state index in [0.29, 0.717) is 19.3 Å². The highest BCUT2D eigenvalue weighted by molar-refractivity contribution is 5.71. The van der Waals surface area contributed by atoms with Crippen LogP contribution < -0.4 is 0 Å². The van der Waals surface area contributed by atoms with Gasteiger partial charge in [0.15, 0.2) is 6.10 Å². The predicted molar refractivity (Wildman–Crippen MR) is 266 cm³/mol. The maximum atomic E-state index is 12.7. The maximum absolute atomic E-state index is 12.7. The third-order valence-electron chi connectivity index (χ3n) is 12.7. The van der Waals surface area contributed by atoms with Crippen molar-refractivity contribution < 1.29 is 28.6 Å². The van der Waals surface area contributed by atoms with Crippen molar-refractivity contribution in [3.63, 3.8) is 0 Å². The van der Waals surface area contributed by atoms with Crippen LogP contribution in [-0.2, 0) is 28.6 Å². The number of carbonyl (C=O) groups excluding carboxylic acids is 3. The van der Waals surface area contributed by atoms with Crippen LogP contribution in [0.25, 0.3) is 0 Å². The average Bonchev–Trinajstić information content (AvgIpc) is 3.24. The molecular formula is C56H108O6. The second-order valence-corrected chi connectivity index (χ2v) is 20.2. The van der Waals surface area contributed by atoms with Gasteiger partial charge in [-0.05, 0) is 31.1 Å². The fraction of sp³-hybridized carbons (Fsp3) is 0.946. The third kappa shape index (κ3) is 49.4. The minimum absolute atomic E-state index is 0.0642. The van der Waals surface area contributed by atoms with Gasteiger partial charge in [0.2, 0.25) is 0 Å².